The molecule has 2 aromatic rings. The second-order valence-corrected chi connectivity index (χ2v) is 8.40. The van der Waals surface area contributed by atoms with E-state index in [0.717, 1.165) is 22.1 Å². The molecule has 1 saturated heterocycles. The van der Waals surface area contributed by atoms with Crippen LogP contribution in [0.15, 0.2) is 54.6 Å². The number of esters is 1. The first-order chi connectivity index (χ1) is 13.6. The molecule has 6 atom stereocenters. The topological polar surface area (TPSA) is 63.7 Å². The summed E-state index contributed by atoms with van der Waals surface area (Å²) in [6.45, 7) is -0.313. The van der Waals surface area contributed by atoms with Crippen molar-refractivity contribution in [1.29, 1.82) is 0 Å². The number of hydrogen-bond donors (Lipinski definition) is 0. The van der Waals surface area contributed by atoms with Gasteiger partial charge in [-0.15, -0.1) is 0 Å². The van der Waals surface area contributed by atoms with E-state index in [-0.39, 0.29) is 42.0 Å². The highest BCUT2D eigenvalue weighted by Crippen LogP contribution is 2.65. The maximum Gasteiger partial charge on any atom is 0.331 e. The van der Waals surface area contributed by atoms with Gasteiger partial charge in [-0.1, -0.05) is 42.5 Å². The number of likely N-dealkylation sites (tertiary alicyclic amines) is 1. The van der Waals surface area contributed by atoms with Crippen molar-refractivity contribution in [3.05, 3.63) is 54.6 Å². The highest BCUT2D eigenvalue weighted by Gasteiger charge is 2.67. The Bertz CT molecular complexity index is 1040. The molecule has 2 bridgehead atoms. The summed E-state index contributed by atoms with van der Waals surface area (Å²) in [5.41, 5.74) is 0. The average molecular weight is 373 g/mol. The standard InChI is InChI=1S/C23H19NO4/c25-19(28-14-6-5-12-3-1-2-4-13(12)9-14)11-24-22(26)20-15-7-8-16(18-10-17(15)18)21(20)23(24)27/h1-9,15-18,20-21H,10-11H2/t15-,16+,17-,18-,20+,21-/m1/s1. The molecule has 140 valence electrons. The molecule has 5 nitrogen and oxygen atoms in total. The number of carbonyl (C=O) groups is 3. The van der Waals surface area contributed by atoms with Gasteiger partial charge >= 0.3 is 5.97 Å². The number of imide groups is 1. The van der Waals surface area contributed by atoms with Crippen LogP contribution in [0.2, 0.25) is 0 Å². The van der Waals surface area contributed by atoms with Gasteiger partial charge in [0.25, 0.3) is 0 Å². The van der Waals surface area contributed by atoms with Gasteiger partial charge in [0.05, 0.1) is 11.8 Å². The van der Waals surface area contributed by atoms with Crippen molar-refractivity contribution < 1.29 is 19.1 Å². The number of allylic oxidation sites excluding steroid dienone is 2. The quantitative estimate of drug-likeness (QED) is 0.359. The molecular formula is C23H19NO4. The molecule has 2 aromatic carbocycles. The summed E-state index contributed by atoms with van der Waals surface area (Å²) in [6, 6.07) is 13.2. The van der Waals surface area contributed by atoms with Crippen LogP contribution in [0.25, 0.3) is 10.8 Å². The van der Waals surface area contributed by atoms with E-state index >= 15 is 0 Å². The molecule has 0 unspecified atom stereocenters. The number of amides is 2. The van der Waals surface area contributed by atoms with Crippen molar-refractivity contribution in [2.75, 3.05) is 6.54 Å². The molecule has 5 aliphatic rings. The first-order valence-corrected chi connectivity index (χ1v) is 9.85. The molecule has 4 aliphatic carbocycles. The van der Waals surface area contributed by atoms with Crippen LogP contribution in [-0.2, 0) is 14.4 Å². The van der Waals surface area contributed by atoms with Crippen LogP contribution >= 0.6 is 0 Å². The predicted octanol–water partition coefficient (Wildman–Crippen LogP) is 2.80. The molecule has 0 spiro atoms. The van der Waals surface area contributed by atoms with E-state index in [9.17, 15) is 14.4 Å². The van der Waals surface area contributed by atoms with Gasteiger partial charge in [-0.3, -0.25) is 14.5 Å². The van der Waals surface area contributed by atoms with E-state index in [1.807, 2.05) is 30.3 Å². The van der Waals surface area contributed by atoms with E-state index in [4.69, 9.17) is 4.74 Å². The Hall–Kier alpha value is -2.95. The lowest BCUT2D eigenvalue weighted by atomic mass is 9.63. The van der Waals surface area contributed by atoms with Gasteiger partial charge in [0.1, 0.15) is 12.3 Å². The number of hydrogen-bond acceptors (Lipinski definition) is 4. The van der Waals surface area contributed by atoms with Crippen LogP contribution in [0, 0.1) is 35.5 Å². The van der Waals surface area contributed by atoms with Crippen LogP contribution in [0.5, 0.6) is 5.75 Å². The summed E-state index contributed by atoms with van der Waals surface area (Å²) < 4.78 is 5.43. The monoisotopic (exact) mass is 373 g/mol. The van der Waals surface area contributed by atoms with Crippen LogP contribution in [-0.4, -0.2) is 29.2 Å². The van der Waals surface area contributed by atoms with Crippen LogP contribution < -0.4 is 4.74 Å². The third-order valence-corrected chi connectivity index (χ3v) is 6.99. The fraction of sp³-hybridized carbons (Fsp3) is 0.348. The summed E-state index contributed by atoms with van der Waals surface area (Å²) in [6.07, 6.45) is 5.38. The summed E-state index contributed by atoms with van der Waals surface area (Å²) in [5.74, 6) is 0.319. The third-order valence-electron chi connectivity index (χ3n) is 6.99. The highest BCUT2D eigenvalue weighted by atomic mass is 16.5. The summed E-state index contributed by atoms with van der Waals surface area (Å²) in [4.78, 5) is 39.5. The fourth-order valence-corrected chi connectivity index (χ4v) is 5.70. The minimum absolute atomic E-state index is 0.165. The molecule has 0 aromatic heterocycles. The summed E-state index contributed by atoms with van der Waals surface area (Å²) in [7, 11) is 0. The summed E-state index contributed by atoms with van der Waals surface area (Å²) in [5, 5.41) is 2.02. The smallest absolute Gasteiger partial charge is 0.331 e. The Balaban J connectivity index is 1.20. The second-order valence-electron chi connectivity index (χ2n) is 8.40. The Morgan fingerprint density at radius 3 is 2.25 bits per heavy atom. The van der Waals surface area contributed by atoms with Gasteiger partial charge in [0.2, 0.25) is 11.8 Å². The number of carbonyl (C=O) groups excluding carboxylic acids is 3. The number of benzene rings is 2. The SMILES string of the molecule is O=C(CN1C(=O)[C@@H]2[C@H]3C=C[C@H]([C@H]4C[C@H]34)[C@@H]2C1=O)Oc1ccc2ccccc2c1. The van der Waals surface area contributed by atoms with E-state index < -0.39 is 5.97 Å². The van der Waals surface area contributed by atoms with Gasteiger partial charge in [-0.05, 0) is 53.0 Å². The van der Waals surface area contributed by atoms with E-state index in [2.05, 4.69) is 12.2 Å². The Morgan fingerprint density at radius 1 is 0.929 bits per heavy atom. The first-order valence-electron chi connectivity index (χ1n) is 9.85. The zero-order chi connectivity index (χ0) is 19.0. The Kier molecular flexibility index (Phi) is 3.17. The van der Waals surface area contributed by atoms with Crippen molar-refractivity contribution in [2.45, 2.75) is 6.42 Å². The highest BCUT2D eigenvalue weighted by molar-refractivity contribution is 6.08. The lowest BCUT2D eigenvalue weighted by Crippen LogP contribution is -2.40. The van der Waals surface area contributed by atoms with Crippen molar-refractivity contribution in [3.8, 4) is 5.75 Å². The van der Waals surface area contributed by atoms with E-state index in [1.165, 1.54) is 0 Å². The van der Waals surface area contributed by atoms with Gasteiger partial charge < -0.3 is 4.74 Å². The molecule has 28 heavy (non-hydrogen) atoms. The molecule has 1 aliphatic heterocycles. The Morgan fingerprint density at radius 2 is 1.57 bits per heavy atom. The number of rotatable bonds is 3. The average Bonchev–Trinajstić information content (AvgIpc) is 3.49. The molecule has 7 rings (SSSR count). The van der Waals surface area contributed by atoms with Crippen molar-refractivity contribution in [3.63, 3.8) is 0 Å². The Labute approximate surface area is 162 Å². The van der Waals surface area contributed by atoms with Gasteiger partial charge in [0, 0.05) is 0 Å². The molecule has 0 N–H and O–H groups in total. The van der Waals surface area contributed by atoms with Gasteiger partial charge in [-0.2, -0.15) is 0 Å². The van der Waals surface area contributed by atoms with Crippen LogP contribution in [0.3, 0.4) is 0 Å². The normalized spacial score (nSPS) is 34.5. The van der Waals surface area contributed by atoms with Crippen molar-refractivity contribution >= 4 is 28.6 Å². The first kappa shape index (κ1) is 16.0. The van der Waals surface area contributed by atoms with Crippen molar-refractivity contribution in [1.82, 2.24) is 4.90 Å². The van der Waals surface area contributed by atoms with Gasteiger partial charge in [0.15, 0.2) is 0 Å². The molecular weight excluding hydrogens is 354 g/mol. The fourth-order valence-electron chi connectivity index (χ4n) is 5.70. The van der Waals surface area contributed by atoms with Crippen molar-refractivity contribution in [2.24, 2.45) is 35.5 Å². The van der Waals surface area contributed by atoms with Gasteiger partial charge in [-0.25, -0.2) is 4.79 Å². The number of nitrogens with zero attached hydrogens (tertiary/aromatic N) is 1. The molecule has 1 heterocycles. The number of ether oxygens (including phenoxy) is 1. The molecule has 5 heteroatoms. The molecule has 0 radical (unpaired) electrons. The molecule has 3 fully saturated rings. The predicted molar refractivity (Wildman–Crippen MR) is 101 cm³/mol. The summed E-state index contributed by atoms with van der Waals surface area (Å²) >= 11 is 0. The van der Waals surface area contributed by atoms with E-state index in [1.54, 1.807) is 12.1 Å². The second kappa shape index (κ2) is 5.53. The molecule has 2 saturated carbocycles. The minimum Gasteiger partial charge on any atom is -0.425 e. The van der Waals surface area contributed by atoms with Crippen LogP contribution in [0.1, 0.15) is 6.42 Å². The maximum absolute atomic E-state index is 12.9. The lowest BCUT2D eigenvalue weighted by molar-refractivity contribution is -0.148. The largest absolute Gasteiger partial charge is 0.425 e. The van der Waals surface area contributed by atoms with Crippen LogP contribution in [0.4, 0.5) is 0 Å². The zero-order valence-electron chi connectivity index (χ0n) is 15.2. The zero-order valence-corrected chi connectivity index (χ0v) is 15.2. The van der Waals surface area contributed by atoms with E-state index in [0.29, 0.717) is 17.6 Å². The lowest BCUT2D eigenvalue weighted by Gasteiger charge is -2.37. The third kappa shape index (κ3) is 2.16. The maximum atomic E-state index is 12.9. The minimum atomic E-state index is -0.582. The number of fused-ring (bicyclic) bond motifs is 1. The molecule has 2 amide bonds.